The van der Waals surface area contributed by atoms with Crippen molar-refractivity contribution in [3.63, 3.8) is 0 Å². The quantitative estimate of drug-likeness (QED) is 0.809. The summed E-state index contributed by atoms with van der Waals surface area (Å²) in [5.74, 6) is -2.01. The van der Waals surface area contributed by atoms with Crippen LogP contribution >= 0.6 is 0 Å². The molecule has 1 aromatic heterocycles. The highest BCUT2D eigenvalue weighted by atomic mass is 19.4. The molecule has 1 heterocycles. The van der Waals surface area contributed by atoms with Crippen molar-refractivity contribution >= 4 is 5.97 Å². The van der Waals surface area contributed by atoms with E-state index in [9.17, 15) is 18.0 Å². The summed E-state index contributed by atoms with van der Waals surface area (Å²) in [7, 11) is 0. The number of halogens is 3. The maximum Gasteiger partial charge on any atom is 0.390 e. The van der Waals surface area contributed by atoms with Gasteiger partial charge in [-0.25, -0.2) is 9.48 Å². The van der Waals surface area contributed by atoms with Gasteiger partial charge in [0.15, 0.2) is 5.69 Å². The van der Waals surface area contributed by atoms with Crippen LogP contribution in [0.3, 0.4) is 0 Å². The highest BCUT2D eigenvalue weighted by Gasteiger charge is 2.27. The molecule has 0 saturated carbocycles. The van der Waals surface area contributed by atoms with Crippen molar-refractivity contribution in [3.8, 4) is 5.88 Å². The minimum Gasteiger partial charge on any atom is -0.493 e. The number of aromatic carboxylic acids is 1. The summed E-state index contributed by atoms with van der Waals surface area (Å²) in [4.78, 5) is 10.4. The molecule has 0 fully saturated rings. The van der Waals surface area contributed by atoms with E-state index in [2.05, 4.69) is 5.10 Å². The number of rotatable bonds is 3. The predicted molar refractivity (Wildman–Crippen MR) is 41.5 cm³/mol. The number of carbonyl (C=O) groups is 1. The molecular formula is C7H7F3N2O3. The Morgan fingerprint density at radius 1 is 1.53 bits per heavy atom. The van der Waals surface area contributed by atoms with Gasteiger partial charge in [0.2, 0.25) is 5.88 Å². The first-order chi connectivity index (χ1) is 6.79. The predicted octanol–water partition coefficient (Wildman–Crippen LogP) is 1.24. The number of carboxylic acid groups (broad SMARTS) is 1. The van der Waals surface area contributed by atoms with E-state index in [4.69, 9.17) is 10.2 Å². The summed E-state index contributed by atoms with van der Waals surface area (Å²) in [6, 6.07) is 0.790. The maximum atomic E-state index is 11.8. The van der Waals surface area contributed by atoms with Crippen molar-refractivity contribution < 1.29 is 28.2 Å². The molecule has 15 heavy (non-hydrogen) atoms. The fraction of sp³-hybridized carbons (Fsp3) is 0.429. The molecule has 2 N–H and O–H groups in total. The highest BCUT2D eigenvalue weighted by molar-refractivity contribution is 5.85. The summed E-state index contributed by atoms with van der Waals surface area (Å²) < 4.78 is 36.0. The Balaban J connectivity index is 2.74. The van der Waals surface area contributed by atoms with Gasteiger partial charge >= 0.3 is 12.1 Å². The molecule has 0 unspecified atom stereocenters. The summed E-state index contributed by atoms with van der Waals surface area (Å²) >= 11 is 0. The number of hydrogen-bond acceptors (Lipinski definition) is 3. The van der Waals surface area contributed by atoms with Crippen LogP contribution in [0.25, 0.3) is 0 Å². The molecule has 0 atom stereocenters. The van der Waals surface area contributed by atoms with Crippen molar-refractivity contribution in [3.05, 3.63) is 11.8 Å². The fourth-order valence-electron chi connectivity index (χ4n) is 0.909. The monoisotopic (exact) mass is 224 g/mol. The smallest absolute Gasteiger partial charge is 0.390 e. The number of aromatic hydroxyl groups is 1. The van der Waals surface area contributed by atoms with E-state index in [0.29, 0.717) is 4.68 Å². The molecule has 0 spiro atoms. The molecule has 1 rings (SSSR count). The van der Waals surface area contributed by atoms with Gasteiger partial charge in [-0.15, -0.1) is 0 Å². The Labute approximate surface area is 81.7 Å². The van der Waals surface area contributed by atoms with Gasteiger partial charge in [-0.1, -0.05) is 0 Å². The largest absolute Gasteiger partial charge is 0.493 e. The molecule has 0 aromatic carbocycles. The fourth-order valence-corrected chi connectivity index (χ4v) is 0.909. The number of carboxylic acids is 1. The zero-order valence-electron chi connectivity index (χ0n) is 7.32. The summed E-state index contributed by atoms with van der Waals surface area (Å²) in [6.07, 6.45) is -5.55. The molecular weight excluding hydrogens is 217 g/mol. The van der Waals surface area contributed by atoms with Crippen LogP contribution in [0, 0.1) is 0 Å². The molecule has 1 aromatic rings. The lowest BCUT2D eigenvalue weighted by molar-refractivity contribution is -0.137. The van der Waals surface area contributed by atoms with Gasteiger partial charge in [0.1, 0.15) is 0 Å². The number of nitrogens with zero attached hydrogens (tertiary/aromatic N) is 2. The minimum atomic E-state index is -4.37. The van der Waals surface area contributed by atoms with Crippen LogP contribution < -0.4 is 0 Å². The van der Waals surface area contributed by atoms with Gasteiger partial charge in [0, 0.05) is 6.07 Å². The van der Waals surface area contributed by atoms with Gasteiger partial charge in [0.05, 0.1) is 13.0 Å². The van der Waals surface area contributed by atoms with E-state index in [-0.39, 0.29) is 0 Å². The second-order valence-corrected chi connectivity index (χ2v) is 2.78. The van der Waals surface area contributed by atoms with Crippen LogP contribution in [0.15, 0.2) is 6.07 Å². The van der Waals surface area contributed by atoms with Gasteiger partial charge in [-0.3, -0.25) is 0 Å². The lowest BCUT2D eigenvalue weighted by Gasteiger charge is -2.06. The first-order valence-electron chi connectivity index (χ1n) is 3.86. The molecule has 0 bridgehead atoms. The Bertz CT molecular complexity index is 372. The summed E-state index contributed by atoms with van der Waals surface area (Å²) in [5, 5.41) is 20.8. The molecule has 8 heteroatoms. The average Bonchev–Trinajstić information content (AvgIpc) is 2.42. The van der Waals surface area contributed by atoms with Crippen molar-refractivity contribution in [1.82, 2.24) is 9.78 Å². The Kier molecular flexibility index (Phi) is 2.87. The second-order valence-electron chi connectivity index (χ2n) is 2.78. The standard InChI is InChI=1S/C7H7F3N2O3/c8-7(9,10)1-2-12-5(13)3-4(11-12)6(14)15/h3,13H,1-2H2,(H,14,15). The zero-order valence-corrected chi connectivity index (χ0v) is 7.32. The molecule has 0 aliphatic rings. The van der Waals surface area contributed by atoms with Gasteiger partial charge in [-0.05, 0) is 0 Å². The lowest BCUT2D eigenvalue weighted by Crippen LogP contribution is -2.13. The van der Waals surface area contributed by atoms with Crippen molar-refractivity contribution in [1.29, 1.82) is 0 Å². The first-order valence-corrected chi connectivity index (χ1v) is 3.86. The molecule has 0 aliphatic carbocycles. The first kappa shape index (κ1) is 11.3. The maximum absolute atomic E-state index is 11.8. The van der Waals surface area contributed by atoms with Crippen LogP contribution in [-0.2, 0) is 6.54 Å². The number of alkyl halides is 3. The molecule has 84 valence electrons. The second kappa shape index (κ2) is 3.79. The van der Waals surface area contributed by atoms with E-state index in [1.165, 1.54) is 0 Å². The topological polar surface area (TPSA) is 75.3 Å². The third kappa shape index (κ3) is 3.15. The van der Waals surface area contributed by atoms with Crippen molar-refractivity contribution in [2.45, 2.75) is 19.1 Å². The SMILES string of the molecule is O=C(O)c1cc(O)n(CCC(F)(F)F)n1. The van der Waals surface area contributed by atoms with Crippen LogP contribution in [0.1, 0.15) is 16.9 Å². The number of hydrogen-bond donors (Lipinski definition) is 2. The zero-order chi connectivity index (χ0) is 11.6. The lowest BCUT2D eigenvalue weighted by atomic mass is 10.4. The third-order valence-corrected chi connectivity index (χ3v) is 1.58. The molecule has 0 amide bonds. The Hall–Kier alpha value is -1.73. The third-order valence-electron chi connectivity index (χ3n) is 1.58. The van der Waals surface area contributed by atoms with Gasteiger partial charge < -0.3 is 10.2 Å². The summed E-state index contributed by atoms with van der Waals surface area (Å²) in [6.45, 7) is -0.609. The Morgan fingerprint density at radius 2 is 2.13 bits per heavy atom. The van der Waals surface area contributed by atoms with E-state index in [1.54, 1.807) is 0 Å². The van der Waals surface area contributed by atoms with E-state index >= 15 is 0 Å². The van der Waals surface area contributed by atoms with Crippen molar-refractivity contribution in [2.75, 3.05) is 0 Å². The summed E-state index contributed by atoms with van der Waals surface area (Å²) in [5.41, 5.74) is -0.491. The normalized spacial score (nSPS) is 11.7. The molecule has 5 nitrogen and oxygen atoms in total. The Morgan fingerprint density at radius 3 is 2.53 bits per heavy atom. The number of aryl methyl sites for hydroxylation is 1. The average molecular weight is 224 g/mol. The van der Waals surface area contributed by atoms with E-state index < -0.39 is 36.7 Å². The van der Waals surface area contributed by atoms with Crippen LogP contribution in [0.4, 0.5) is 13.2 Å². The van der Waals surface area contributed by atoms with Crippen LogP contribution in [0.5, 0.6) is 5.88 Å². The molecule has 0 saturated heterocycles. The van der Waals surface area contributed by atoms with E-state index in [0.717, 1.165) is 6.07 Å². The number of aromatic nitrogens is 2. The van der Waals surface area contributed by atoms with E-state index in [1.807, 2.05) is 0 Å². The van der Waals surface area contributed by atoms with Crippen LogP contribution in [0.2, 0.25) is 0 Å². The highest BCUT2D eigenvalue weighted by Crippen LogP contribution is 2.22. The minimum absolute atomic E-state index is 0.491. The van der Waals surface area contributed by atoms with Gasteiger partial charge in [-0.2, -0.15) is 18.3 Å². The molecule has 0 radical (unpaired) electrons. The molecule has 0 aliphatic heterocycles. The van der Waals surface area contributed by atoms with Gasteiger partial charge in [0.25, 0.3) is 0 Å². The van der Waals surface area contributed by atoms with Crippen molar-refractivity contribution in [2.24, 2.45) is 0 Å². The van der Waals surface area contributed by atoms with Crippen LogP contribution in [-0.4, -0.2) is 32.1 Å².